The Hall–Kier alpha value is -3.48. The maximum atomic E-state index is 14.0. The summed E-state index contributed by atoms with van der Waals surface area (Å²) in [6, 6.07) is 5.46. The van der Waals surface area contributed by atoms with Gasteiger partial charge in [0.15, 0.2) is 23.0 Å². The fourth-order valence-electron chi connectivity index (χ4n) is 5.30. The Labute approximate surface area is 221 Å². The summed E-state index contributed by atoms with van der Waals surface area (Å²) in [5.41, 5.74) is 2.34. The number of methoxy groups -OCH3 is 1. The topological polar surface area (TPSA) is 107 Å². The van der Waals surface area contributed by atoms with Gasteiger partial charge in [-0.2, -0.15) is 4.31 Å². The van der Waals surface area contributed by atoms with Crippen molar-refractivity contribution in [3.63, 3.8) is 0 Å². The number of benzene rings is 2. The second-order valence-electron chi connectivity index (χ2n) is 9.55. The Morgan fingerprint density at radius 1 is 0.947 bits per heavy atom. The highest BCUT2D eigenvalue weighted by Crippen LogP contribution is 2.51. The second-order valence-corrected chi connectivity index (χ2v) is 11.4. The van der Waals surface area contributed by atoms with Gasteiger partial charge >= 0.3 is 0 Å². The zero-order valence-electron chi connectivity index (χ0n) is 21.3. The summed E-state index contributed by atoms with van der Waals surface area (Å²) < 4.78 is 57.1. The van der Waals surface area contributed by atoms with Gasteiger partial charge in [-0.3, -0.25) is 4.79 Å². The first-order chi connectivity index (χ1) is 18.4. The smallest absolute Gasteiger partial charge is 0.247 e. The molecule has 4 aliphatic rings. The number of sulfonamides is 1. The van der Waals surface area contributed by atoms with Crippen LogP contribution in [0.15, 0.2) is 29.2 Å². The highest BCUT2D eigenvalue weighted by atomic mass is 32.2. The number of hydrogen-bond donors (Lipinski definition) is 0. The molecule has 1 saturated heterocycles. The lowest BCUT2D eigenvalue weighted by Crippen LogP contribution is -2.50. The highest BCUT2D eigenvalue weighted by Gasteiger charge is 2.41. The molecule has 202 valence electrons. The first-order valence-electron chi connectivity index (χ1n) is 12.4. The minimum atomic E-state index is -3.91. The Balaban J connectivity index is 1.20. The van der Waals surface area contributed by atoms with E-state index >= 15 is 0 Å². The fourth-order valence-corrected chi connectivity index (χ4v) is 7.13. The number of amides is 1. The van der Waals surface area contributed by atoms with E-state index in [9.17, 15) is 13.2 Å². The van der Waals surface area contributed by atoms with Crippen LogP contribution in [0.2, 0.25) is 0 Å². The summed E-state index contributed by atoms with van der Waals surface area (Å²) in [6.07, 6.45) is 3.77. The SMILES string of the molecule is COc1c2c(c(S(=O)(=O)N3CCN(C(=O)C=Cc4ccc5c(c4)OCO5)CC3)c3c1OCO3)CCN(C)C2. The van der Waals surface area contributed by atoms with E-state index in [-0.39, 0.29) is 56.3 Å². The number of carbonyl (C=O) groups is 1. The molecule has 1 fully saturated rings. The highest BCUT2D eigenvalue weighted by molar-refractivity contribution is 7.89. The van der Waals surface area contributed by atoms with Crippen LogP contribution < -0.4 is 23.7 Å². The lowest BCUT2D eigenvalue weighted by atomic mass is 9.97. The summed E-state index contributed by atoms with van der Waals surface area (Å²) in [7, 11) is -0.371. The van der Waals surface area contributed by atoms with E-state index < -0.39 is 10.0 Å². The minimum Gasteiger partial charge on any atom is -0.492 e. The molecule has 0 unspecified atom stereocenters. The van der Waals surface area contributed by atoms with Crippen molar-refractivity contribution in [1.29, 1.82) is 0 Å². The molecule has 4 aliphatic heterocycles. The molecule has 2 aromatic carbocycles. The van der Waals surface area contributed by atoms with Crippen molar-refractivity contribution in [2.24, 2.45) is 0 Å². The molecular weight excluding hydrogens is 514 g/mol. The summed E-state index contributed by atoms with van der Waals surface area (Å²) in [5.74, 6) is 2.23. The van der Waals surface area contributed by atoms with E-state index in [1.54, 1.807) is 24.2 Å². The van der Waals surface area contributed by atoms with Crippen LogP contribution in [0, 0.1) is 0 Å². The summed E-state index contributed by atoms with van der Waals surface area (Å²) in [4.78, 5) is 16.8. The van der Waals surface area contributed by atoms with Crippen LogP contribution in [0.1, 0.15) is 16.7 Å². The first-order valence-corrected chi connectivity index (χ1v) is 13.9. The number of hydrogen-bond acceptors (Lipinski definition) is 9. The monoisotopic (exact) mass is 543 g/mol. The van der Waals surface area contributed by atoms with Crippen molar-refractivity contribution in [3.8, 4) is 28.7 Å². The zero-order chi connectivity index (χ0) is 26.4. The van der Waals surface area contributed by atoms with Gasteiger partial charge in [0.1, 0.15) is 4.90 Å². The maximum absolute atomic E-state index is 14.0. The van der Waals surface area contributed by atoms with E-state index in [0.717, 1.165) is 23.2 Å². The predicted octanol–water partition coefficient (Wildman–Crippen LogP) is 1.69. The third kappa shape index (κ3) is 4.22. The van der Waals surface area contributed by atoms with Crippen LogP contribution in [0.5, 0.6) is 28.7 Å². The lowest BCUT2D eigenvalue weighted by Gasteiger charge is -2.35. The zero-order valence-corrected chi connectivity index (χ0v) is 22.1. The predicted molar refractivity (Wildman–Crippen MR) is 136 cm³/mol. The van der Waals surface area contributed by atoms with Gasteiger partial charge in [-0.05, 0) is 42.8 Å². The molecule has 2 aromatic rings. The van der Waals surface area contributed by atoms with Gasteiger partial charge in [0.2, 0.25) is 35.3 Å². The van der Waals surface area contributed by atoms with Crippen LogP contribution in [0.3, 0.4) is 0 Å². The average Bonchev–Trinajstić information content (AvgIpc) is 3.59. The van der Waals surface area contributed by atoms with Crippen molar-refractivity contribution in [1.82, 2.24) is 14.1 Å². The Kier molecular flexibility index (Phi) is 6.33. The number of nitrogens with zero attached hydrogens (tertiary/aromatic N) is 3. The average molecular weight is 544 g/mol. The Morgan fingerprint density at radius 2 is 1.68 bits per heavy atom. The first kappa shape index (κ1) is 24.8. The summed E-state index contributed by atoms with van der Waals surface area (Å²) in [6.45, 7) is 2.32. The van der Waals surface area contributed by atoms with E-state index in [4.69, 9.17) is 23.7 Å². The molecule has 0 atom stereocenters. The van der Waals surface area contributed by atoms with Gasteiger partial charge in [-0.1, -0.05) is 6.07 Å². The van der Waals surface area contributed by atoms with Crippen LogP contribution in [-0.2, 0) is 27.8 Å². The molecule has 11 nitrogen and oxygen atoms in total. The largest absolute Gasteiger partial charge is 0.492 e. The van der Waals surface area contributed by atoms with Crippen molar-refractivity contribution in [2.75, 3.05) is 60.5 Å². The Bertz CT molecular complexity index is 1420. The third-order valence-electron chi connectivity index (χ3n) is 7.28. The molecule has 0 aliphatic carbocycles. The lowest BCUT2D eigenvalue weighted by molar-refractivity contribution is -0.127. The van der Waals surface area contributed by atoms with Gasteiger partial charge in [-0.15, -0.1) is 0 Å². The molecule has 1 amide bonds. The number of rotatable bonds is 5. The number of carbonyl (C=O) groups excluding carboxylic acids is 1. The van der Waals surface area contributed by atoms with Gasteiger partial charge in [0, 0.05) is 50.9 Å². The van der Waals surface area contributed by atoms with Crippen LogP contribution in [0.4, 0.5) is 0 Å². The summed E-state index contributed by atoms with van der Waals surface area (Å²) >= 11 is 0. The van der Waals surface area contributed by atoms with Crippen LogP contribution >= 0.6 is 0 Å². The molecule has 12 heteroatoms. The van der Waals surface area contributed by atoms with Crippen LogP contribution in [-0.4, -0.2) is 88.9 Å². The van der Waals surface area contributed by atoms with E-state index in [0.29, 0.717) is 36.0 Å². The summed E-state index contributed by atoms with van der Waals surface area (Å²) in [5, 5.41) is 0. The van der Waals surface area contributed by atoms with Crippen molar-refractivity contribution in [2.45, 2.75) is 17.9 Å². The van der Waals surface area contributed by atoms with E-state index in [2.05, 4.69) is 4.90 Å². The molecule has 0 saturated carbocycles. The standard InChI is InChI=1S/C26H29N3O8S/c1-27-8-7-18-19(14-27)23(33-2)24-25(37-16-36-24)26(18)38(31,32)29-11-9-28(10-12-29)22(30)6-4-17-3-5-20-21(13-17)35-15-34-20/h3-6,13H,7-12,14-16H2,1-2H3. The number of fused-ring (bicyclic) bond motifs is 3. The Morgan fingerprint density at radius 3 is 2.47 bits per heavy atom. The maximum Gasteiger partial charge on any atom is 0.247 e. The number of ether oxygens (including phenoxy) is 5. The normalized spacial score (nSPS) is 19.2. The number of piperazine rings is 1. The molecule has 0 bridgehead atoms. The molecule has 0 aromatic heterocycles. The molecule has 38 heavy (non-hydrogen) atoms. The van der Waals surface area contributed by atoms with Crippen LogP contribution in [0.25, 0.3) is 6.08 Å². The molecule has 0 N–H and O–H groups in total. The molecule has 0 spiro atoms. The fraction of sp³-hybridized carbons (Fsp3) is 0.423. The van der Waals surface area contributed by atoms with Crippen molar-refractivity contribution < 1.29 is 36.9 Å². The molecule has 4 heterocycles. The van der Waals surface area contributed by atoms with Crippen molar-refractivity contribution >= 4 is 22.0 Å². The minimum absolute atomic E-state index is 0.0646. The van der Waals surface area contributed by atoms with Gasteiger partial charge < -0.3 is 33.5 Å². The molecule has 6 rings (SSSR count). The number of likely N-dealkylation sites (N-methyl/N-ethyl adjacent to an activating group) is 1. The van der Waals surface area contributed by atoms with E-state index in [1.807, 2.05) is 19.2 Å². The van der Waals surface area contributed by atoms with Gasteiger partial charge in [0.25, 0.3) is 0 Å². The van der Waals surface area contributed by atoms with Crippen molar-refractivity contribution in [3.05, 3.63) is 41.0 Å². The molecular formula is C26H29N3O8S. The third-order valence-corrected chi connectivity index (χ3v) is 9.27. The van der Waals surface area contributed by atoms with E-state index in [1.165, 1.54) is 10.4 Å². The molecule has 0 radical (unpaired) electrons. The second kappa shape index (κ2) is 9.68. The quantitative estimate of drug-likeness (QED) is 0.521. The van der Waals surface area contributed by atoms with Gasteiger partial charge in [0.05, 0.1) is 7.11 Å². The van der Waals surface area contributed by atoms with Gasteiger partial charge in [-0.25, -0.2) is 8.42 Å².